The number of nitrogens with one attached hydrogen (secondary N) is 1. The Kier molecular flexibility index (Phi) is 4.15. The first kappa shape index (κ1) is 14.9. The molecule has 2 rings (SSSR count). The van der Waals surface area contributed by atoms with Gasteiger partial charge in [0.1, 0.15) is 0 Å². The summed E-state index contributed by atoms with van der Waals surface area (Å²) in [4.78, 5) is 11.7. The zero-order valence-electron chi connectivity index (χ0n) is 10.9. The molecule has 0 atom stereocenters. The third-order valence-electron chi connectivity index (χ3n) is 2.70. The molecule has 2 aromatic rings. The molecule has 21 heavy (non-hydrogen) atoms. The molecular formula is C13H13F3N4O. The van der Waals surface area contributed by atoms with E-state index < -0.39 is 11.7 Å². The Morgan fingerprint density at radius 1 is 1.38 bits per heavy atom. The molecule has 0 saturated heterocycles. The van der Waals surface area contributed by atoms with Crippen molar-refractivity contribution in [3.8, 4) is 0 Å². The van der Waals surface area contributed by atoms with Crippen molar-refractivity contribution < 1.29 is 18.0 Å². The van der Waals surface area contributed by atoms with E-state index in [-0.39, 0.29) is 18.9 Å². The van der Waals surface area contributed by atoms with Crippen LogP contribution in [-0.2, 0) is 17.5 Å². The molecule has 0 bridgehead atoms. The number of nitrogens with two attached hydrogens (primary N) is 1. The van der Waals surface area contributed by atoms with E-state index >= 15 is 0 Å². The second-order valence-electron chi connectivity index (χ2n) is 4.41. The molecule has 112 valence electrons. The van der Waals surface area contributed by atoms with E-state index in [0.717, 1.165) is 17.1 Å². The zero-order valence-corrected chi connectivity index (χ0v) is 10.9. The molecule has 1 aromatic carbocycles. The number of nitrogen functional groups attached to an aromatic ring is 1. The quantitative estimate of drug-likeness (QED) is 0.852. The molecule has 1 aromatic heterocycles. The van der Waals surface area contributed by atoms with E-state index in [1.807, 2.05) is 0 Å². The van der Waals surface area contributed by atoms with Crippen LogP contribution in [0, 0.1) is 0 Å². The van der Waals surface area contributed by atoms with Gasteiger partial charge < -0.3 is 11.1 Å². The third-order valence-corrected chi connectivity index (χ3v) is 2.70. The van der Waals surface area contributed by atoms with Crippen molar-refractivity contribution >= 4 is 17.3 Å². The first-order chi connectivity index (χ1) is 9.84. The van der Waals surface area contributed by atoms with Crippen molar-refractivity contribution in [1.29, 1.82) is 0 Å². The highest BCUT2D eigenvalue weighted by Crippen LogP contribution is 2.28. The van der Waals surface area contributed by atoms with Crippen LogP contribution in [0.1, 0.15) is 12.0 Å². The smallest absolute Gasteiger partial charge is 0.399 e. The summed E-state index contributed by atoms with van der Waals surface area (Å²) in [6.07, 6.45) is -2.82. The van der Waals surface area contributed by atoms with Gasteiger partial charge in [0.2, 0.25) is 5.91 Å². The van der Waals surface area contributed by atoms with E-state index in [2.05, 4.69) is 10.4 Å². The predicted molar refractivity (Wildman–Crippen MR) is 71.3 cm³/mol. The van der Waals surface area contributed by atoms with Gasteiger partial charge >= 0.3 is 6.18 Å². The Hall–Kier alpha value is -2.51. The summed E-state index contributed by atoms with van der Waals surface area (Å²) in [7, 11) is 0. The molecule has 0 aliphatic carbocycles. The van der Waals surface area contributed by atoms with Crippen LogP contribution in [0.3, 0.4) is 0 Å². The molecular weight excluding hydrogens is 285 g/mol. The number of carbonyl (C=O) groups is 1. The number of halogens is 3. The highest BCUT2D eigenvalue weighted by Gasteiger charge is 2.32. The van der Waals surface area contributed by atoms with Crippen molar-refractivity contribution in [3.63, 3.8) is 0 Å². The highest BCUT2D eigenvalue weighted by molar-refractivity contribution is 5.91. The van der Waals surface area contributed by atoms with Crippen LogP contribution in [0.2, 0.25) is 0 Å². The fourth-order valence-corrected chi connectivity index (χ4v) is 1.69. The number of alkyl halides is 3. The van der Waals surface area contributed by atoms with Crippen LogP contribution in [0.4, 0.5) is 24.5 Å². The fourth-order valence-electron chi connectivity index (χ4n) is 1.69. The minimum absolute atomic E-state index is 0.00771. The number of aromatic nitrogens is 2. The van der Waals surface area contributed by atoms with Crippen LogP contribution in [0.5, 0.6) is 0 Å². The topological polar surface area (TPSA) is 72.9 Å². The number of amides is 1. The van der Waals surface area contributed by atoms with Crippen molar-refractivity contribution in [2.75, 3.05) is 11.1 Å². The van der Waals surface area contributed by atoms with Gasteiger partial charge in [0.15, 0.2) is 0 Å². The SMILES string of the molecule is Nc1cccc(NC(=O)CCn2cc(C(F)(F)F)cn2)c1. The first-order valence-corrected chi connectivity index (χ1v) is 6.09. The van der Waals surface area contributed by atoms with Gasteiger partial charge in [-0.25, -0.2) is 0 Å². The molecule has 3 N–H and O–H groups in total. The lowest BCUT2D eigenvalue weighted by Gasteiger charge is -2.06. The molecule has 5 nitrogen and oxygen atoms in total. The lowest BCUT2D eigenvalue weighted by molar-refractivity contribution is -0.137. The minimum atomic E-state index is -4.43. The van der Waals surface area contributed by atoms with Gasteiger partial charge in [-0.15, -0.1) is 0 Å². The van der Waals surface area contributed by atoms with Gasteiger partial charge in [0.05, 0.1) is 11.8 Å². The summed E-state index contributed by atoms with van der Waals surface area (Å²) in [5.74, 6) is -0.329. The van der Waals surface area contributed by atoms with E-state index in [1.54, 1.807) is 24.3 Å². The molecule has 0 aliphatic heterocycles. The molecule has 0 radical (unpaired) electrons. The fraction of sp³-hybridized carbons (Fsp3) is 0.231. The Labute approximate surface area is 118 Å². The van der Waals surface area contributed by atoms with Gasteiger partial charge in [0, 0.05) is 30.5 Å². The number of hydrogen-bond acceptors (Lipinski definition) is 3. The number of anilines is 2. The monoisotopic (exact) mass is 298 g/mol. The second-order valence-corrected chi connectivity index (χ2v) is 4.41. The lowest BCUT2D eigenvalue weighted by Crippen LogP contribution is -2.14. The summed E-state index contributed by atoms with van der Waals surface area (Å²) in [6, 6.07) is 6.63. The molecule has 1 amide bonds. The van der Waals surface area contributed by atoms with Gasteiger partial charge in [-0.05, 0) is 18.2 Å². The minimum Gasteiger partial charge on any atom is -0.399 e. The third kappa shape index (κ3) is 4.23. The molecule has 0 aliphatic rings. The number of nitrogens with zero attached hydrogens (tertiary/aromatic N) is 2. The Balaban J connectivity index is 1.88. The Bertz CT molecular complexity index is 636. The maximum atomic E-state index is 12.4. The molecule has 1 heterocycles. The summed E-state index contributed by atoms with van der Waals surface area (Å²) in [6.45, 7) is 0.0598. The number of carbonyl (C=O) groups excluding carboxylic acids is 1. The maximum absolute atomic E-state index is 12.4. The first-order valence-electron chi connectivity index (χ1n) is 6.09. The number of benzene rings is 1. The van der Waals surface area contributed by atoms with E-state index in [0.29, 0.717) is 11.4 Å². The van der Waals surface area contributed by atoms with Crippen LogP contribution >= 0.6 is 0 Å². The molecule has 0 spiro atoms. The summed E-state index contributed by atoms with van der Waals surface area (Å²) < 4.78 is 38.2. The Morgan fingerprint density at radius 3 is 2.76 bits per heavy atom. The van der Waals surface area contributed by atoms with Gasteiger partial charge in [0.25, 0.3) is 0 Å². The van der Waals surface area contributed by atoms with Crippen molar-refractivity contribution in [2.45, 2.75) is 19.1 Å². The van der Waals surface area contributed by atoms with E-state index in [4.69, 9.17) is 5.73 Å². The molecule has 8 heteroatoms. The average Bonchev–Trinajstić information content (AvgIpc) is 2.85. The Morgan fingerprint density at radius 2 is 2.14 bits per heavy atom. The highest BCUT2D eigenvalue weighted by atomic mass is 19.4. The molecule has 0 unspecified atom stereocenters. The van der Waals surface area contributed by atoms with E-state index in [1.165, 1.54) is 0 Å². The number of aryl methyl sites for hydroxylation is 1. The molecule has 0 saturated carbocycles. The average molecular weight is 298 g/mol. The van der Waals surface area contributed by atoms with Crippen LogP contribution in [0.25, 0.3) is 0 Å². The van der Waals surface area contributed by atoms with Gasteiger partial charge in [-0.3, -0.25) is 9.48 Å². The van der Waals surface area contributed by atoms with Gasteiger partial charge in [-0.1, -0.05) is 6.07 Å². The summed E-state index contributed by atoms with van der Waals surface area (Å²) in [5.41, 5.74) is 5.78. The summed E-state index contributed by atoms with van der Waals surface area (Å²) in [5, 5.41) is 6.18. The largest absolute Gasteiger partial charge is 0.419 e. The zero-order chi connectivity index (χ0) is 15.5. The predicted octanol–water partition coefficient (Wildman–Crippen LogP) is 2.51. The van der Waals surface area contributed by atoms with Crippen LogP contribution in [0.15, 0.2) is 36.7 Å². The standard InChI is InChI=1S/C13H13F3N4O/c14-13(15,16)9-7-18-20(8-9)5-4-12(21)19-11-3-1-2-10(17)6-11/h1-3,6-8H,4-5,17H2,(H,19,21). The normalized spacial score (nSPS) is 11.4. The van der Waals surface area contributed by atoms with E-state index in [9.17, 15) is 18.0 Å². The van der Waals surface area contributed by atoms with Crippen molar-refractivity contribution in [1.82, 2.24) is 9.78 Å². The number of rotatable bonds is 4. The van der Waals surface area contributed by atoms with Crippen LogP contribution in [-0.4, -0.2) is 15.7 Å². The van der Waals surface area contributed by atoms with Crippen LogP contribution < -0.4 is 11.1 Å². The lowest BCUT2D eigenvalue weighted by atomic mass is 10.2. The summed E-state index contributed by atoms with van der Waals surface area (Å²) >= 11 is 0. The number of hydrogen-bond donors (Lipinski definition) is 2. The maximum Gasteiger partial charge on any atom is 0.419 e. The van der Waals surface area contributed by atoms with Crippen molar-refractivity contribution in [2.24, 2.45) is 0 Å². The van der Waals surface area contributed by atoms with Crippen molar-refractivity contribution in [3.05, 3.63) is 42.2 Å². The second kappa shape index (κ2) is 5.86. The van der Waals surface area contributed by atoms with Gasteiger partial charge in [-0.2, -0.15) is 18.3 Å². The molecule has 0 fully saturated rings.